The third-order valence-electron chi connectivity index (χ3n) is 5.13. The van der Waals surface area contributed by atoms with Gasteiger partial charge in [0.2, 0.25) is 0 Å². The summed E-state index contributed by atoms with van der Waals surface area (Å²) >= 11 is 0. The van der Waals surface area contributed by atoms with Crippen LogP contribution in [0, 0.1) is 0 Å². The number of aliphatic carboxylic acids is 1. The molecule has 24 heteroatoms. The molecule has 7 N–H and O–H groups in total. The van der Waals surface area contributed by atoms with Gasteiger partial charge < -0.3 is 39.0 Å². The fourth-order valence-corrected chi connectivity index (χ4v) is 5.06. The van der Waals surface area contributed by atoms with E-state index >= 15 is 0 Å². The van der Waals surface area contributed by atoms with Crippen LogP contribution < -0.4 is 4.72 Å². The summed E-state index contributed by atoms with van der Waals surface area (Å²) in [6, 6.07) is -1.93. The number of rotatable bonds is 12. The molecule has 10 unspecified atom stereocenters. The van der Waals surface area contributed by atoms with Crippen molar-refractivity contribution < 1.29 is 91.1 Å². The lowest BCUT2D eigenvalue weighted by molar-refractivity contribution is -0.339. The van der Waals surface area contributed by atoms with E-state index in [2.05, 4.69) is 8.37 Å². The zero-order chi connectivity index (χ0) is 29.2. The van der Waals surface area contributed by atoms with Gasteiger partial charge in [0.15, 0.2) is 24.8 Å². The molecule has 2 saturated heterocycles. The average Bonchev–Trinajstić information content (AvgIpc) is 2.75. The lowest BCUT2D eigenvalue weighted by Gasteiger charge is -2.47. The molecule has 2 aliphatic heterocycles. The largest absolute Gasteiger partial charge is 0.479 e. The van der Waals surface area contributed by atoms with Crippen LogP contribution in [0.2, 0.25) is 0 Å². The molecule has 39 heavy (non-hydrogen) atoms. The maximum atomic E-state index is 11.6. The van der Waals surface area contributed by atoms with E-state index in [4.69, 9.17) is 37.3 Å². The maximum Gasteiger partial charge on any atom is 0.397 e. The molecule has 0 spiro atoms. The van der Waals surface area contributed by atoms with Crippen LogP contribution in [-0.4, -0.2) is 142 Å². The van der Waals surface area contributed by atoms with E-state index in [-0.39, 0.29) is 7.43 Å². The lowest BCUT2D eigenvalue weighted by Crippen LogP contribution is -2.68. The first kappa shape index (κ1) is 35.8. The number of aliphatic hydroxyl groups excluding tert-OH is 2. The van der Waals surface area contributed by atoms with Gasteiger partial charge >= 0.3 is 37.1 Å². The van der Waals surface area contributed by atoms with Crippen molar-refractivity contribution in [2.24, 2.45) is 0 Å². The number of aliphatic hydroxyl groups is 2. The number of carboxylic acids is 1. The third kappa shape index (κ3) is 9.99. The number of hydrogen-bond donors (Lipinski definition) is 7. The first-order valence-electron chi connectivity index (χ1n) is 9.91. The van der Waals surface area contributed by atoms with E-state index in [1.54, 1.807) is 0 Å². The van der Waals surface area contributed by atoms with Crippen LogP contribution >= 0.6 is 0 Å². The minimum atomic E-state index is -5.40. The minimum Gasteiger partial charge on any atom is -0.479 e. The van der Waals surface area contributed by atoms with Crippen molar-refractivity contribution >= 4 is 37.1 Å². The van der Waals surface area contributed by atoms with Gasteiger partial charge in [-0.05, 0) is 0 Å². The topological polar surface area (TPSA) is 318 Å². The second kappa shape index (κ2) is 13.6. The molecule has 0 saturated carbocycles. The highest BCUT2D eigenvalue weighted by atomic mass is 32.3. The monoisotopic (exact) mass is 639 g/mol. The fraction of sp³-hybridized carbons (Fsp3) is 0.933. The number of nitrogens with one attached hydrogen (secondary N) is 1. The summed E-state index contributed by atoms with van der Waals surface area (Å²) in [6.07, 6.45) is -18.7. The second-order valence-corrected chi connectivity index (χ2v) is 11.0. The summed E-state index contributed by atoms with van der Waals surface area (Å²) in [7, 11) is -13.8. The van der Waals surface area contributed by atoms with E-state index in [0.29, 0.717) is 0 Å². The van der Waals surface area contributed by atoms with Crippen molar-refractivity contribution in [1.82, 2.24) is 4.72 Å². The van der Waals surface area contributed by atoms with Crippen molar-refractivity contribution in [3.8, 4) is 0 Å². The smallest absolute Gasteiger partial charge is 0.397 e. The number of methoxy groups -OCH3 is 2. The van der Waals surface area contributed by atoms with Crippen molar-refractivity contribution in [1.29, 1.82) is 0 Å². The zero-order valence-electron chi connectivity index (χ0n) is 19.1. The number of carboxylic acid groups (broad SMARTS) is 1. The molecule has 0 aromatic heterocycles. The summed E-state index contributed by atoms with van der Waals surface area (Å²) in [5.74, 6) is -1.77. The number of ether oxygens (including phenoxy) is 5. The first-order chi connectivity index (χ1) is 17.3. The summed E-state index contributed by atoms with van der Waals surface area (Å²) in [6.45, 7) is -1.18. The standard InChI is InChI=1S/C14H25NO20S3.CH4/c1-29-9-7(17)10(35-38(26,27)28)14(34-11(9)12(18)19)33-8-4(3-31-37(23,24)25)32-13(30-2)5(6(8)16)15-36(20,21)22;/h4-11,13-17H,3H2,1-2H3,(H,18,19)(H,20,21,22)(H,23,24,25)(H,26,27,28);1H4. The summed E-state index contributed by atoms with van der Waals surface area (Å²) in [4.78, 5) is 11.6. The molecule has 2 aliphatic rings. The molecule has 21 nitrogen and oxygen atoms in total. The average molecular weight is 640 g/mol. The van der Waals surface area contributed by atoms with Crippen LogP contribution in [0.3, 0.4) is 0 Å². The summed E-state index contributed by atoms with van der Waals surface area (Å²) < 4.78 is 130. The Kier molecular flexibility index (Phi) is 12.5. The van der Waals surface area contributed by atoms with Crippen LogP contribution in [0.1, 0.15) is 7.43 Å². The van der Waals surface area contributed by atoms with Gasteiger partial charge in [-0.3, -0.25) is 13.7 Å². The molecular formula is C15H29NO20S3. The zero-order valence-corrected chi connectivity index (χ0v) is 21.6. The summed E-state index contributed by atoms with van der Waals surface area (Å²) in [5, 5.41) is 30.8. The summed E-state index contributed by atoms with van der Waals surface area (Å²) in [5.41, 5.74) is 0. The van der Waals surface area contributed by atoms with Crippen molar-refractivity contribution in [2.45, 2.75) is 68.8 Å². The van der Waals surface area contributed by atoms with Gasteiger partial charge in [0.1, 0.15) is 36.6 Å². The molecule has 2 rings (SSSR count). The Morgan fingerprint density at radius 2 is 1.44 bits per heavy atom. The van der Waals surface area contributed by atoms with E-state index in [1.165, 1.54) is 4.72 Å². The van der Waals surface area contributed by atoms with Crippen molar-refractivity contribution in [3.63, 3.8) is 0 Å². The quantitative estimate of drug-likeness (QED) is 0.0993. The Labute approximate surface area is 222 Å². The predicted octanol–water partition coefficient (Wildman–Crippen LogP) is -4.31. The van der Waals surface area contributed by atoms with E-state index in [0.717, 1.165) is 14.2 Å². The highest BCUT2D eigenvalue weighted by Gasteiger charge is 2.55. The van der Waals surface area contributed by atoms with Crippen molar-refractivity contribution in [2.75, 3.05) is 20.8 Å². The van der Waals surface area contributed by atoms with Crippen LogP contribution in [0.15, 0.2) is 0 Å². The highest BCUT2D eigenvalue weighted by molar-refractivity contribution is 7.83. The van der Waals surface area contributed by atoms with E-state index < -0.39 is 105 Å². The highest BCUT2D eigenvalue weighted by Crippen LogP contribution is 2.32. The predicted molar refractivity (Wildman–Crippen MR) is 119 cm³/mol. The van der Waals surface area contributed by atoms with Gasteiger partial charge in [-0.1, -0.05) is 7.43 Å². The van der Waals surface area contributed by atoms with Gasteiger partial charge in [0.25, 0.3) is 0 Å². The number of hydrogen-bond acceptors (Lipinski definition) is 16. The lowest BCUT2D eigenvalue weighted by atomic mass is 9.96. The molecule has 0 aromatic carbocycles. The van der Waals surface area contributed by atoms with Gasteiger partial charge in [0, 0.05) is 14.2 Å². The Hall–Kier alpha value is -1.20. The van der Waals surface area contributed by atoms with Gasteiger partial charge in [0.05, 0.1) is 6.61 Å². The van der Waals surface area contributed by atoms with E-state index in [9.17, 15) is 45.4 Å². The first-order valence-corrected chi connectivity index (χ1v) is 14.1. The number of carbonyl (C=O) groups is 1. The molecule has 232 valence electrons. The van der Waals surface area contributed by atoms with Crippen molar-refractivity contribution in [3.05, 3.63) is 0 Å². The Balaban J connectivity index is 0.00000760. The van der Waals surface area contributed by atoms with E-state index in [1.807, 2.05) is 0 Å². The Morgan fingerprint density at radius 1 is 0.846 bits per heavy atom. The van der Waals surface area contributed by atoms with Crippen LogP contribution in [0.25, 0.3) is 0 Å². The maximum absolute atomic E-state index is 11.6. The molecular weight excluding hydrogens is 610 g/mol. The van der Waals surface area contributed by atoms with Gasteiger partial charge in [-0.15, -0.1) is 0 Å². The SMILES string of the molecule is C.COC1OC(COS(=O)(=O)O)C(OC2OC(C(=O)O)C(OC)C(O)C2OS(=O)(=O)O)C(O)C1NS(=O)(=O)O. The minimum absolute atomic E-state index is 0. The molecule has 2 fully saturated rings. The molecule has 0 amide bonds. The Bertz CT molecular complexity index is 1140. The van der Waals surface area contributed by atoms with Crippen LogP contribution in [0.5, 0.6) is 0 Å². The molecule has 10 atom stereocenters. The molecule has 2 heterocycles. The molecule has 0 aromatic rings. The normalized spacial score (nSPS) is 36.2. The van der Waals surface area contributed by atoms with Gasteiger partial charge in [-0.2, -0.15) is 30.0 Å². The molecule has 0 bridgehead atoms. The van der Waals surface area contributed by atoms with Gasteiger partial charge in [-0.25, -0.2) is 13.2 Å². The fourth-order valence-electron chi connectivity index (χ4n) is 3.67. The van der Waals surface area contributed by atoms with Crippen LogP contribution in [0.4, 0.5) is 0 Å². The second-order valence-electron chi connectivity index (χ2n) is 7.64. The third-order valence-corrected chi connectivity index (χ3v) is 6.60. The Morgan fingerprint density at radius 3 is 1.87 bits per heavy atom. The van der Waals surface area contributed by atoms with Crippen LogP contribution in [-0.2, 0) is 67.9 Å². The molecule has 0 radical (unpaired) electrons. The molecule has 0 aliphatic carbocycles.